The zero-order chi connectivity index (χ0) is 22.3. The molecular weight excluding hydrogens is 418 g/mol. The molecule has 1 aliphatic rings. The first-order valence-corrected chi connectivity index (χ1v) is 12.2. The van der Waals surface area contributed by atoms with Gasteiger partial charge in [-0.05, 0) is 55.9 Å². The number of carbonyl (C=O) groups is 1. The predicted octanol–water partition coefficient (Wildman–Crippen LogP) is 4.78. The smallest absolute Gasteiger partial charge is 0.229 e. The minimum atomic E-state index is -0.0427. The molecule has 2 heterocycles. The Kier molecular flexibility index (Phi) is 7.27. The lowest BCUT2D eigenvalue weighted by Crippen LogP contribution is -2.43. The van der Waals surface area contributed by atoms with E-state index in [1.54, 1.807) is 18.0 Å². The van der Waals surface area contributed by atoms with Crippen molar-refractivity contribution in [3.8, 4) is 0 Å². The van der Waals surface area contributed by atoms with E-state index in [1.165, 1.54) is 10.5 Å². The average Bonchev–Trinajstić information content (AvgIpc) is 2.84. The molecule has 1 saturated heterocycles. The summed E-state index contributed by atoms with van der Waals surface area (Å²) in [5, 5.41) is 6.40. The minimum Gasteiger partial charge on any atom is -0.356 e. The molecule has 6 nitrogen and oxygen atoms in total. The van der Waals surface area contributed by atoms with Gasteiger partial charge in [-0.25, -0.2) is 4.98 Å². The first-order valence-electron chi connectivity index (χ1n) is 10.9. The summed E-state index contributed by atoms with van der Waals surface area (Å²) in [6.45, 7) is 4.18. The molecule has 7 heteroatoms. The summed E-state index contributed by atoms with van der Waals surface area (Å²) >= 11 is 1.70. The molecule has 1 atom stereocenters. The maximum absolute atomic E-state index is 12.8. The van der Waals surface area contributed by atoms with E-state index in [2.05, 4.69) is 70.1 Å². The highest BCUT2D eigenvalue weighted by atomic mass is 32.2. The van der Waals surface area contributed by atoms with Crippen LogP contribution < -0.4 is 15.5 Å². The topological polar surface area (TPSA) is 70.2 Å². The Morgan fingerprint density at radius 2 is 2.03 bits per heavy atom. The maximum Gasteiger partial charge on any atom is 0.229 e. The van der Waals surface area contributed by atoms with Crippen molar-refractivity contribution in [3.05, 3.63) is 71.9 Å². The molecular formula is C25H29N5OS. The number of rotatable bonds is 7. The molecule has 1 aliphatic heterocycles. The first-order chi connectivity index (χ1) is 15.6. The lowest BCUT2D eigenvalue weighted by molar-refractivity contribution is -0.125. The van der Waals surface area contributed by atoms with Gasteiger partial charge in [0.1, 0.15) is 5.82 Å². The molecule has 0 radical (unpaired) electrons. The number of hydrogen-bond donors (Lipinski definition) is 2. The zero-order valence-corrected chi connectivity index (χ0v) is 19.4. The minimum absolute atomic E-state index is 0.0427. The summed E-state index contributed by atoms with van der Waals surface area (Å²) in [6.07, 6.45) is 5.68. The molecule has 3 aromatic rings. The van der Waals surface area contributed by atoms with Gasteiger partial charge in [0, 0.05) is 36.4 Å². The number of piperidine rings is 1. The fraction of sp³-hybridized carbons (Fsp3) is 0.320. The van der Waals surface area contributed by atoms with Crippen LogP contribution in [0.5, 0.6) is 0 Å². The molecule has 4 rings (SSSR count). The first kappa shape index (κ1) is 22.1. The highest BCUT2D eigenvalue weighted by Gasteiger charge is 2.26. The number of amides is 1. The van der Waals surface area contributed by atoms with Gasteiger partial charge in [-0.3, -0.25) is 4.79 Å². The molecule has 0 aliphatic carbocycles. The van der Waals surface area contributed by atoms with E-state index >= 15 is 0 Å². The van der Waals surface area contributed by atoms with E-state index in [0.717, 1.165) is 36.5 Å². The molecule has 166 valence electrons. The molecule has 0 saturated carbocycles. The number of nitrogens with one attached hydrogen (secondary N) is 2. The van der Waals surface area contributed by atoms with Gasteiger partial charge >= 0.3 is 0 Å². The maximum atomic E-state index is 12.8. The number of thioether (sulfide) groups is 1. The quantitative estimate of drug-likeness (QED) is 0.508. The van der Waals surface area contributed by atoms with Crippen molar-refractivity contribution >= 4 is 35.1 Å². The Balaban J connectivity index is 1.37. The summed E-state index contributed by atoms with van der Waals surface area (Å²) in [7, 11) is 0. The molecule has 32 heavy (non-hydrogen) atoms. The second-order valence-electron chi connectivity index (χ2n) is 8.08. The summed E-state index contributed by atoms with van der Waals surface area (Å²) in [6, 6.07) is 18.4. The molecule has 0 bridgehead atoms. The number of aryl methyl sites for hydroxylation is 1. The monoisotopic (exact) mass is 447 g/mol. The van der Waals surface area contributed by atoms with E-state index in [0.29, 0.717) is 19.0 Å². The van der Waals surface area contributed by atoms with Crippen molar-refractivity contribution in [2.45, 2.75) is 31.2 Å². The van der Waals surface area contributed by atoms with Gasteiger partial charge < -0.3 is 15.5 Å². The van der Waals surface area contributed by atoms with Crippen molar-refractivity contribution in [3.63, 3.8) is 0 Å². The largest absolute Gasteiger partial charge is 0.356 e. The second-order valence-corrected chi connectivity index (χ2v) is 8.96. The normalized spacial score (nSPS) is 15.9. The fourth-order valence-electron chi connectivity index (χ4n) is 3.85. The van der Waals surface area contributed by atoms with Crippen molar-refractivity contribution in [2.24, 2.45) is 5.92 Å². The third kappa shape index (κ3) is 5.79. The highest BCUT2D eigenvalue weighted by Crippen LogP contribution is 2.24. The molecule has 1 aromatic heterocycles. The van der Waals surface area contributed by atoms with Crippen LogP contribution in [-0.2, 0) is 11.3 Å². The Bertz CT molecular complexity index is 1060. The summed E-state index contributed by atoms with van der Waals surface area (Å²) in [4.78, 5) is 25.2. The molecule has 0 spiro atoms. The van der Waals surface area contributed by atoms with Crippen LogP contribution in [0.25, 0.3) is 0 Å². The lowest BCUT2D eigenvalue weighted by atomic mass is 9.97. The van der Waals surface area contributed by atoms with Crippen LogP contribution in [0.3, 0.4) is 0 Å². The molecule has 2 aromatic carbocycles. The van der Waals surface area contributed by atoms with Gasteiger partial charge in [0.2, 0.25) is 11.9 Å². The fourth-order valence-corrected chi connectivity index (χ4v) is 4.31. The van der Waals surface area contributed by atoms with E-state index in [-0.39, 0.29) is 11.8 Å². The van der Waals surface area contributed by atoms with Crippen molar-refractivity contribution in [2.75, 3.05) is 29.6 Å². The Morgan fingerprint density at radius 1 is 1.19 bits per heavy atom. The van der Waals surface area contributed by atoms with Crippen molar-refractivity contribution in [1.82, 2.24) is 15.3 Å². The molecule has 0 unspecified atom stereocenters. The predicted molar refractivity (Wildman–Crippen MR) is 132 cm³/mol. The Morgan fingerprint density at radius 3 is 2.84 bits per heavy atom. The van der Waals surface area contributed by atoms with E-state index in [1.807, 2.05) is 18.2 Å². The molecule has 1 fully saturated rings. The third-order valence-corrected chi connectivity index (χ3v) is 6.40. The molecule has 1 amide bonds. The van der Waals surface area contributed by atoms with Crippen molar-refractivity contribution in [1.29, 1.82) is 0 Å². The van der Waals surface area contributed by atoms with Gasteiger partial charge in [0.05, 0.1) is 5.92 Å². The van der Waals surface area contributed by atoms with Gasteiger partial charge in [-0.15, -0.1) is 11.8 Å². The van der Waals surface area contributed by atoms with Gasteiger partial charge in [0.15, 0.2) is 0 Å². The van der Waals surface area contributed by atoms with Crippen LogP contribution in [0.4, 0.5) is 17.5 Å². The number of benzene rings is 2. The van der Waals surface area contributed by atoms with Crippen LogP contribution in [0.1, 0.15) is 24.0 Å². The molecule has 2 N–H and O–H groups in total. The second kappa shape index (κ2) is 10.5. The Hall–Kier alpha value is -3.06. The SMILES string of the molecule is CSc1cccc(Nc2nccc(N3CCC[C@H](C(=O)NCc4ccc(C)cc4)C3)n2)c1. The number of nitrogens with zero attached hydrogens (tertiary/aromatic N) is 3. The van der Waals surface area contributed by atoms with Crippen LogP contribution in [0.2, 0.25) is 0 Å². The summed E-state index contributed by atoms with van der Waals surface area (Å²) in [5.74, 6) is 1.47. The third-order valence-electron chi connectivity index (χ3n) is 5.67. The van der Waals surface area contributed by atoms with Gasteiger partial charge in [-0.2, -0.15) is 4.98 Å². The van der Waals surface area contributed by atoms with Crippen molar-refractivity contribution < 1.29 is 4.79 Å². The number of anilines is 3. The van der Waals surface area contributed by atoms with Crippen LogP contribution >= 0.6 is 11.8 Å². The average molecular weight is 448 g/mol. The zero-order valence-electron chi connectivity index (χ0n) is 18.5. The summed E-state index contributed by atoms with van der Waals surface area (Å²) in [5.41, 5.74) is 3.30. The lowest BCUT2D eigenvalue weighted by Gasteiger charge is -2.33. The summed E-state index contributed by atoms with van der Waals surface area (Å²) < 4.78 is 0. The standard InChI is InChI=1S/C25H29N5OS/c1-18-8-10-19(11-9-18)16-27-24(31)20-5-4-14-30(17-20)23-12-13-26-25(29-23)28-21-6-3-7-22(15-21)32-2/h3,6-13,15,20H,4-5,14,16-17H2,1-2H3,(H,27,31)(H,26,28,29)/t20-/m0/s1. The number of hydrogen-bond acceptors (Lipinski definition) is 6. The van der Waals surface area contributed by atoms with E-state index in [9.17, 15) is 4.79 Å². The number of aromatic nitrogens is 2. The van der Waals surface area contributed by atoms with Gasteiger partial charge in [-0.1, -0.05) is 35.9 Å². The van der Waals surface area contributed by atoms with E-state index < -0.39 is 0 Å². The van der Waals surface area contributed by atoms with Crippen LogP contribution in [0, 0.1) is 12.8 Å². The highest BCUT2D eigenvalue weighted by molar-refractivity contribution is 7.98. The van der Waals surface area contributed by atoms with Gasteiger partial charge in [0.25, 0.3) is 0 Å². The Labute approximate surface area is 193 Å². The van der Waals surface area contributed by atoms with Crippen LogP contribution in [0.15, 0.2) is 65.7 Å². The van der Waals surface area contributed by atoms with Crippen LogP contribution in [-0.4, -0.2) is 35.2 Å². The van der Waals surface area contributed by atoms with E-state index in [4.69, 9.17) is 4.98 Å². The number of carbonyl (C=O) groups excluding carboxylic acids is 1.